The summed E-state index contributed by atoms with van der Waals surface area (Å²) in [5.41, 5.74) is 16.7. The number of allylic oxidation sites excluding steroid dienone is 1. The van der Waals surface area contributed by atoms with Gasteiger partial charge in [-0.15, -0.1) is 11.6 Å². The first-order chi connectivity index (χ1) is 42.3. The maximum atomic E-state index is 14.5. The van der Waals surface area contributed by atoms with Gasteiger partial charge < -0.3 is 101 Å². The number of aliphatic hydroxyl groups excluding tert-OH is 4. The van der Waals surface area contributed by atoms with Crippen LogP contribution in [0.4, 0.5) is 0 Å². The molecule has 1 heterocycles. The van der Waals surface area contributed by atoms with E-state index in [0.717, 1.165) is 83.6 Å². The molecular formula is C57H100ClN13O18. The molecule has 0 aliphatic carbocycles. The zero-order valence-electron chi connectivity index (χ0n) is 51.8. The van der Waals surface area contributed by atoms with E-state index in [9.17, 15) is 83.1 Å². The Bertz CT molecular complexity index is 2300. The molecule has 1 saturated heterocycles. The highest BCUT2D eigenvalue weighted by Gasteiger charge is 2.40. The van der Waals surface area contributed by atoms with Crippen LogP contribution in [0.25, 0.3) is 0 Å². The monoisotopic (exact) mass is 1290 g/mol. The van der Waals surface area contributed by atoms with Crippen molar-refractivity contribution in [2.24, 2.45) is 17.2 Å². The fourth-order valence-electron chi connectivity index (χ4n) is 9.09. The summed E-state index contributed by atoms with van der Waals surface area (Å²) in [6, 6.07) is -15.6. The second-order valence-corrected chi connectivity index (χ2v) is 22.2. The third kappa shape index (κ3) is 31.6. The maximum Gasteiger partial charge on any atom is 0.335 e. The molecule has 32 heteroatoms. The molecule has 508 valence electrons. The van der Waals surface area contributed by atoms with E-state index in [1.807, 2.05) is 6.92 Å². The van der Waals surface area contributed by atoms with Crippen molar-refractivity contribution in [2.75, 3.05) is 38.7 Å². The molecule has 0 aromatic rings. The van der Waals surface area contributed by atoms with Crippen LogP contribution in [0.5, 0.6) is 0 Å². The van der Waals surface area contributed by atoms with E-state index in [1.165, 1.54) is 6.92 Å². The predicted molar refractivity (Wildman–Crippen MR) is 325 cm³/mol. The average Bonchev–Trinajstić information content (AvgIpc) is 2.10. The predicted octanol–water partition coefficient (Wildman–Crippen LogP) is -3.55. The minimum atomic E-state index is -2.74. The van der Waals surface area contributed by atoms with Gasteiger partial charge in [0, 0.05) is 6.54 Å². The molecule has 0 aromatic heterocycles. The van der Waals surface area contributed by atoms with E-state index in [1.54, 1.807) is 0 Å². The number of nitrogens with two attached hydrogens (primary N) is 3. The lowest BCUT2D eigenvalue weighted by Gasteiger charge is -2.29. The lowest BCUT2D eigenvalue weighted by atomic mass is 10.0. The van der Waals surface area contributed by atoms with Gasteiger partial charge in [0.2, 0.25) is 53.2 Å². The zero-order valence-corrected chi connectivity index (χ0v) is 52.5. The van der Waals surface area contributed by atoms with Gasteiger partial charge in [-0.2, -0.15) is 0 Å². The van der Waals surface area contributed by atoms with Crippen molar-refractivity contribution in [1.82, 2.24) is 53.2 Å². The van der Waals surface area contributed by atoms with Crippen molar-refractivity contribution in [3.8, 4) is 0 Å². The third-order valence-corrected chi connectivity index (χ3v) is 14.6. The molecule has 21 N–H and O–H groups in total. The van der Waals surface area contributed by atoms with Crippen LogP contribution in [-0.4, -0.2) is 208 Å². The second-order valence-electron chi connectivity index (χ2n) is 21.9. The SMILES string of the molecule is C/C=C1/NC(=O)C([C@H](C)O)NC(=O)[C@H](CCN)NC(=O)C([C@H](O)C(=O)O)NC(=O)C(CCCCN)NC(=O)[C@H](CC(=O)NCCCCCC)NC(=O)C(CCN)NC(=O)C(NC(=O)C[C@H](O)CCCCCCCCCCC)COC(=O)C([C@H](O)CCl)NC1=O. The third-order valence-electron chi connectivity index (χ3n) is 14.3. The number of unbranched alkanes of at least 4 members (excludes halogenated alkanes) is 12. The van der Waals surface area contributed by atoms with Gasteiger partial charge in [-0.3, -0.25) is 47.9 Å². The lowest BCUT2D eigenvalue weighted by molar-refractivity contribution is -0.153. The summed E-state index contributed by atoms with van der Waals surface area (Å²) in [6.07, 6.45) is 3.28. The number of ether oxygens (including phenoxy) is 1. The van der Waals surface area contributed by atoms with Gasteiger partial charge in [0.15, 0.2) is 12.1 Å². The van der Waals surface area contributed by atoms with Crippen molar-refractivity contribution in [3.63, 3.8) is 0 Å². The molecule has 10 amide bonds. The Morgan fingerprint density at radius 2 is 1.10 bits per heavy atom. The van der Waals surface area contributed by atoms with Crippen LogP contribution in [0.2, 0.25) is 0 Å². The molecular weight excluding hydrogens is 1190 g/mol. The normalized spacial score (nSPS) is 23.6. The molecule has 1 fully saturated rings. The minimum Gasteiger partial charge on any atom is -0.479 e. The van der Waals surface area contributed by atoms with Crippen molar-refractivity contribution in [2.45, 2.75) is 235 Å². The number of halogens is 1. The molecule has 31 nitrogen and oxygen atoms in total. The minimum absolute atomic E-state index is 0.0797. The number of nitrogens with one attached hydrogen (secondary N) is 10. The fraction of sp³-hybridized carbons (Fsp3) is 0.754. The Kier molecular flexibility index (Phi) is 41.2. The second kappa shape index (κ2) is 45.6. The highest BCUT2D eigenvalue weighted by molar-refractivity contribution is 6.18. The Labute approximate surface area is 524 Å². The Morgan fingerprint density at radius 1 is 0.596 bits per heavy atom. The standard InChI is InChI=1S/C57H100ClN13O18/c1-5-8-10-12-13-14-15-16-17-21-34(73)29-43(76)63-40-32-89-57(88)45(41(74)31-58)70-48(78)35(7-3)64-54(84)44(33(4)72)69-51(81)38(24-27-61)67-55(85)46(47(77)56(86)87)71-50(80)36(22-18-19-25-59)65-52(82)39(30-42(75)62-28-20-11-9-6-2)68-49(79)37(23-26-60)66-53(40)83/h7,33-34,36-41,44-47,72-74,77H,5-6,8-32,59-61H2,1-4H3,(H,62,75)(H,63,76)(H,64,84)(H,65,82)(H,66,83)(H,67,85)(H,68,79)(H,69,81)(H,70,78)(H,71,80)(H,86,87)/b35-7+/t33-,34+,36?,37?,38-,39-,40?,41+,44?,45?,46?,47-/m0/s1. The van der Waals surface area contributed by atoms with Gasteiger partial charge in [0.05, 0.1) is 37.0 Å². The first-order valence-electron chi connectivity index (χ1n) is 30.8. The summed E-state index contributed by atoms with van der Waals surface area (Å²) in [7, 11) is 0. The van der Waals surface area contributed by atoms with Crippen molar-refractivity contribution < 1.29 is 87.8 Å². The van der Waals surface area contributed by atoms with E-state index in [-0.39, 0.29) is 51.9 Å². The molecule has 0 spiro atoms. The summed E-state index contributed by atoms with van der Waals surface area (Å²) in [4.78, 5) is 166. The molecule has 0 saturated carbocycles. The number of hydrogen-bond donors (Lipinski definition) is 18. The van der Waals surface area contributed by atoms with E-state index >= 15 is 0 Å². The molecule has 12 atom stereocenters. The van der Waals surface area contributed by atoms with Crippen LogP contribution < -0.4 is 70.4 Å². The topological polar surface area (TPSA) is 514 Å². The quantitative estimate of drug-likeness (QED) is 0.0131. The number of rotatable bonds is 33. The summed E-state index contributed by atoms with van der Waals surface area (Å²) < 4.78 is 5.41. The molecule has 89 heavy (non-hydrogen) atoms. The van der Waals surface area contributed by atoms with Crippen LogP contribution >= 0.6 is 11.6 Å². The fourth-order valence-corrected chi connectivity index (χ4v) is 9.27. The van der Waals surface area contributed by atoms with Crippen LogP contribution in [0.1, 0.15) is 163 Å². The van der Waals surface area contributed by atoms with Gasteiger partial charge in [-0.05, 0) is 78.4 Å². The van der Waals surface area contributed by atoms with Crippen LogP contribution in [0.15, 0.2) is 11.8 Å². The Hall–Kier alpha value is -6.61. The number of carbonyl (C=O) groups is 12. The lowest BCUT2D eigenvalue weighted by Crippen LogP contribution is -2.63. The molecule has 6 unspecified atom stereocenters. The van der Waals surface area contributed by atoms with E-state index in [0.29, 0.717) is 12.8 Å². The molecule has 0 radical (unpaired) electrons. The van der Waals surface area contributed by atoms with Crippen molar-refractivity contribution in [3.05, 3.63) is 11.8 Å². The number of amides is 10. The number of aliphatic carboxylic acids is 1. The van der Waals surface area contributed by atoms with Gasteiger partial charge in [0.25, 0.3) is 5.91 Å². The van der Waals surface area contributed by atoms with Crippen LogP contribution in [0.3, 0.4) is 0 Å². The number of carboxylic acid groups (broad SMARTS) is 1. The smallest absolute Gasteiger partial charge is 0.335 e. The van der Waals surface area contributed by atoms with E-state index in [4.69, 9.17) is 33.5 Å². The van der Waals surface area contributed by atoms with Crippen LogP contribution in [0, 0.1) is 0 Å². The molecule has 1 rings (SSSR count). The molecule has 1 aliphatic rings. The number of alkyl halides is 1. The Balaban J connectivity index is 4.12. The van der Waals surface area contributed by atoms with Crippen LogP contribution in [-0.2, 0) is 62.3 Å². The number of carbonyl (C=O) groups excluding carboxylic acids is 11. The van der Waals surface area contributed by atoms with Gasteiger partial charge in [-0.25, -0.2) is 9.59 Å². The summed E-state index contributed by atoms with van der Waals surface area (Å²) in [5, 5.41) is 76.3. The highest BCUT2D eigenvalue weighted by atomic mass is 35.5. The van der Waals surface area contributed by atoms with Gasteiger partial charge in [0.1, 0.15) is 54.6 Å². The summed E-state index contributed by atoms with van der Waals surface area (Å²) >= 11 is 5.94. The zero-order chi connectivity index (χ0) is 67.0. The van der Waals surface area contributed by atoms with Gasteiger partial charge >= 0.3 is 11.9 Å². The number of carboxylic acids is 1. The number of hydrogen-bond acceptors (Lipinski definition) is 20. The van der Waals surface area contributed by atoms with Crippen molar-refractivity contribution in [1.29, 1.82) is 0 Å². The largest absolute Gasteiger partial charge is 0.479 e. The summed E-state index contributed by atoms with van der Waals surface area (Å²) in [6.45, 7) is 4.85. The molecule has 0 aromatic carbocycles. The molecule has 1 aliphatic heterocycles. The Morgan fingerprint density at radius 3 is 1.64 bits per heavy atom. The van der Waals surface area contributed by atoms with E-state index < -0.39 is 188 Å². The average molecular weight is 1290 g/mol. The maximum absolute atomic E-state index is 14.5. The number of esters is 1. The number of aliphatic hydroxyl groups is 4. The van der Waals surface area contributed by atoms with E-state index in [2.05, 4.69) is 60.1 Å². The highest BCUT2D eigenvalue weighted by Crippen LogP contribution is 2.14. The summed E-state index contributed by atoms with van der Waals surface area (Å²) in [5.74, 6) is -16.2. The number of cyclic esters (lactones) is 1. The van der Waals surface area contributed by atoms with Gasteiger partial charge in [-0.1, -0.05) is 97.0 Å². The molecule has 0 bridgehead atoms. The first-order valence-corrected chi connectivity index (χ1v) is 31.3. The first kappa shape index (κ1) is 80.4. The van der Waals surface area contributed by atoms with Crippen molar-refractivity contribution >= 4 is 82.6 Å².